The van der Waals surface area contributed by atoms with Gasteiger partial charge in [-0.25, -0.2) is 4.98 Å². The molecule has 0 atom stereocenters. The summed E-state index contributed by atoms with van der Waals surface area (Å²) in [6.45, 7) is 2.44. The fourth-order valence-corrected chi connectivity index (χ4v) is 2.70. The maximum atomic E-state index is 12.4. The van der Waals surface area contributed by atoms with Gasteiger partial charge in [0.05, 0.1) is 13.2 Å². The fourth-order valence-electron chi connectivity index (χ4n) is 2.70. The van der Waals surface area contributed by atoms with E-state index >= 15 is 0 Å². The van der Waals surface area contributed by atoms with Gasteiger partial charge in [-0.1, -0.05) is 0 Å². The van der Waals surface area contributed by atoms with Gasteiger partial charge in [0.15, 0.2) is 0 Å². The normalized spacial score (nSPS) is 15.4. The van der Waals surface area contributed by atoms with Crippen molar-refractivity contribution in [2.45, 2.75) is 0 Å². The number of nitrogens with one attached hydrogen (secondary N) is 1. The third-order valence-electron chi connectivity index (χ3n) is 3.94. The molecule has 0 bridgehead atoms. The summed E-state index contributed by atoms with van der Waals surface area (Å²) < 4.78 is 7.15. The zero-order valence-corrected chi connectivity index (χ0v) is 12.0. The first-order valence-electron chi connectivity index (χ1n) is 7.30. The molecule has 1 amide bonds. The molecular weight excluding hydrogens is 280 g/mol. The van der Waals surface area contributed by atoms with E-state index in [9.17, 15) is 4.79 Å². The second-order valence-corrected chi connectivity index (χ2v) is 5.32. The molecule has 1 saturated heterocycles. The number of aromatic amines is 1. The van der Waals surface area contributed by atoms with Crippen molar-refractivity contribution in [3.8, 4) is 5.69 Å². The highest BCUT2D eigenvalue weighted by molar-refractivity contribution is 5.92. The number of amides is 1. The van der Waals surface area contributed by atoms with Gasteiger partial charge in [0.25, 0.3) is 5.91 Å². The average Bonchev–Trinajstić information content (AvgIpc) is 3.23. The van der Waals surface area contributed by atoms with Crippen molar-refractivity contribution in [3.05, 3.63) is 48.7 Å². The summed E-state index contributed by atoms with van der Waals surface area (Å²) in [4.78, 5) is 21.6. The Morgan fingerprint density at radius 2 is 2.09 bits per heavy atom. The van der Waals surface area contributed by atoms with Crippen LogP contribution in [0.25, 0.3) is 16.6 Å². The van der Waals surface area contributed by atoms with E-state index in [4.69, 9.17) is 4.74 Å². The van der Waals surface area contributed by atoms with Crippen LogP contribution < -0.4 is 0 Å². The lowest BCUT2D eigenvalue weighted by Gasteiger charge is -2.25. The summed E-state index contributed by atoms with van der Waals surface area (Å²) in [7, 11) is 0. The van der Waals surface area contributed by atoms with Crippen LogP contribution in [-0.2, 0) is 4.74 Å². The number of nitrogens with zero attached hydrogens (tertiary/aromatic N) is 3. The van der Waals surface area contributed by atoms with Gasteiger partial charge < -0.3 is 19.2 Å². The van der Waals surface area contributed by atoms with Gasteiger partial charge in [0.2, 0.25) is 0 Å². The fraction of sp³-hybridized carbons (Fsp3) is 0.250. The molecular formula is C16H16N4O2. The van der Waals surface area contributed by atoms with E-state index in [-0.39, 0.29) is 5.91 Å². The van der Waals surface area contributed by atoms with Crippen molar-refractivity contribution < 1.29 is 9.53 Å². The predicted molar refractivity (Wildman–Crippen MR) is 82.1 cm³/mol. The van der Waals surface area contributed by atoms with E-state index in [0.29, 0.717) is 32.0 Å². The van der Waals surface area contributed by atoms with Crippen LogP contribution in [0.1, 0.15) is 10.5 Å². The quantitative estimate of drug-likeness (QED) is 0.784. The highest BCUT2D eigenvalue weighted by atomic mass is 16.5. The molecule has 3 heterocycles. The van der Waals surface area contributed by atoms with Gasteiger partial charge in [-0.15, -0.1) is 0 Å². The minimum absolute atomic E-state index is 0.0372. The number of rotatable bonds is 2. The molecule has 1 N–H and O–H groups in total. The lowest BCUT2D eigenvalue weighted by molar-refractivity contribution is 0.0299. The molecule has 0 radical (unpaired) electrons. The molecule has 0 saturated carbocycles. The molecule has 0 aliphatic carbocycles. The van der Waals surface area contributed by atoms with E-state index in [1.165, 1.54) is 0 Å². The zero-order valence-electron chi connectivity index (χ0n) is 12.0. The predicted octanol–water partition coefficient (Wildman–Crippen LogP) is 1.83. The van der Waals surface area contributed by atoms with Crippen molar-refractivity contribution >= 4 is 16.8 Å². The molecule has 1 aliphatic heterocycles. The third kappa shape index (κ3) is 2.27. The van der Waals surface area contributed by atoms with E-state index < -0.39 is 0 Å². The number of hydrogen-bond donors (Lipinski definition) is 1. The average molecular weight is 296 g/mol. The van der Waals surface area contributed by atoms with Crippen LogP contribution in [0.5, 0.6) is 0 Å². The molecule has 2 aromatic heterocycles. The Morgan fingerprint density at radius 1 is 1.23 bits per heavy atom. The van der Waals surface area contributed by atoms with Crippen molar-refractivity contribution in [2.75, 3.05) is 26.3 Å². The number of aromatic nitrogens is 3. The maximum Gasteiger partial charge on any atom is 0.274 e. The van der Waals surface area contributed by atoms with Crippen LogP contribution in [0.4, 0.5) is 0 Å². The summed E-state index contributed by atoms with van der Waals surface area (Å²) in [6, 6.07) is 8.11. The SMILES string of the molecule is O=C(c1cn(-c2ccc3[nH]ccc3c2)cn1)N1CCOCC1. The molecule has 112 valence electrons. The Hall–Kier alpha value is -2.60. The highest BCUT2D eigenvalue weighted by Gasteiger charge is 2.20. The molecule has 1 aromatic carbocycles. The van der Waals surface area contributed by atoms with E-state index in [2.05, 4.69) is 16.0 Å². The number of morpholine rings is 1. The number of carbonyl (C=O) groups excluding carboxylic acids is 1. The van der Waals surface area contributed by atoms with Crippen LogP contribution >= 0.6 is 0 Å². The molecule has 0 spiro atoms. The van der Waals surface area contributed by atoms with Crippen LogP contribution in [0, 0.1) is 0 Å². The number of ether oxygens (including phenoxy) is 1. The first kappa shape index (κ1) is 13.1. The number of benzene rings is 1. The topological polar surface area (TPSA) is 63.2 Å². The first-order valence-corrected chi connectivity index (χ1v) is 7.30. The second-order valence-electron chi connectivity index (χ2n) is 5.32. The summed E-state index contributed by atoms with van der Waals surface area (Å²) in [6.07, 6.45) is 5.38. The summed E-state index contributed by atoms with van der Waals surface area (Å²) in [5.74, 6) is -0.0372. The lowest BCUT2D eigenvalue weighted by atomic mass is 10.2. The summed E-state index contributed by atoms with van der Waals surface area (Å²) in [5.41, 5.74) is 2.55. The van der Waals surface area contributed by atoms with Crippen LogP contribution in [0.3, 0.4) is 0 Å². The van der Waals surface area contributed by atoms with Crippen LogP contribution in [0.2, 0.25) is 0 Å². The number of hydrogen-bond acceptors (Lipinski definition) is 3. The standard InChI is InChI=1S/C16H16N4O2/c21-16(19-5-7-22-8-6-19)15-10-20(11-18-15)13-1-2-14-12(9-13)3-4-17-14/h1-4,9-11,17H,5-8H2. The highest BCUT2D eigenvalue weighted by Crippen LogP contribution is 2.18. The Balaban J connectivity index is 1.61. The Labute approximate surface area is 127 Å². The van der Waals surface area contributed by atoms with Gasteiger partial charge in [0.1, 0.15) is 12.0 Å². The largest absolute Gasteiger partial charge is 0.378 e. The number of fused-ring (bicyclic) bond motifs is 1. The smallest absolute Gasteiger partial charge is 0.274 e. The van der Waals surface area contributed by atoms with Gasteiger partial charge >= 0.3 is 0 Å². The first-order chi connectivity index (χ1) is 10.8. The summed E-state index contributed by atoms with van der Waals surface area (Å²) >= 11 is 0. The number of H-pyrrole nitrogens is 1. The van der Waals surface area contributed by atoms with Gasteiger partial charge in [-0.3, -0.25) is 4.79 Å². The van der Waals surface area contributed by atoms with E-state index in [1.807, 2.05) is 29.0 Å². The van der Waals surface area contributed by atoms with E-state index in [1.54, 1.807) is 17.4 Å². The minimum Gasteiger partial charge on any atom is -0.378 e. The van der Waals surface area contributed by atoms with E-state index in [0.717, 1.165) is 16.6 Å². The third-order valence-corrected chi connectivity index (χ3v) is 3.94. The Kier molecular flexibility index (Phi) is 3.16. The van der Waals surface area contributed by atoms with Crippen LogP contribution in [0.15, 0.2) is 43.0 Å². The molecule has 6 nitrogen and oxygen atoms in total. The number of carbonyl (C=O) groups is 1. The Bertz CT molecular complexity index is 814. The molecule has 3 aromatic rings. The molecule has 1 aliphatic rings. The van der Waals surface area contributed by atoms with Crippen LogP contribution in [-0.4, -0.2) is 51.6 Å². The molecule has 4 rings (SSSR count). The molecule has 0 unspecified atom stereocenters. The second kappa shape index (κ2) is 5.31. The van der Waals surface area contributed by atoms with Crippen molar-refractivity contribution in [2.24, 2.45) is 0 Å². The van der Waals surface area contributed by atoms with Crippen molar-refractivity contribution in [1.82, 2.24) is 19.4 Å². The molecule has 1 fully saturated rings. The lowest BCUT2D eigenvalue weighted by Crippen LogP contribution is -2.40. The summed E-state index contributed by atoms with van der Waals surface area (Å²) in [5, 5.41) is 1.13. The minimum atomic E-state index is -0.0372. The van der Waals surface area contributed by atoms with Gasteiger partial charge in [-0.05, 0) is 24.3 Å². The molecule has 22 heavy (non-hydrogen) atoms. The maximum absolute atomic E-state index is 12.4. The van der Waals surface area contributed by atoms with Crippen molar-refractivity contribution in [3.63, 3.8) is 0 Å². The monoisotopic (exact) mass is 296 g/mol. The Morgan fingerprint density at radius 3 is 2.95 bits per heavy atom. The zero-order chi connectivity index (χ0) is 14.9. The van der Waals surface area contributed by atoms with Gasteiger partial charge in [-0.2, -0.15) is 0 Å². The number of imidazole rings is 1. The van der Waals surface area contributed by atoms with Crippen molar-refractivity contribution in [1.29, 1.82) is 0 Å². The van der Waals surface area contributed by atoms with Gasteiger partial charge in [0, 0.05) is 42.1 Å². The molecule has 6 heteroatoms.